The second-order valence-corrected chi connectivity index (χ2v) is 3.58. The number of halogens is 1. The summed E-state index contributed by atoms with van der Waals surface area (Å²) in [5, 5.41) is 0. The van der Waals surface area contributed by atoms with E-state index in [1.807, 2.05) is 49.4 Å². The van der Waals surface area contributed by atoms with Crippen LogP contribution in [0.25, 0.3) is 0 Å². The zero-order chi connectivity index (χ0) is 11.9. The standard InChI is InChI=1S/C15H15O2.BrH.Zn/c1-2-16-14-10-6-7-11-15(14)17-12-13-8-4-3-5-9-13;;/h3-5,7-11H,2,12H2,1H3;1H;/q-1;;+2/p-1. The smallest absolute Gasteiger partial charge is 1.00 e. The van der Waals surface area contributed by atoms with E-state index in [9.17, 15) is 0 Å². The molecule has 2 aromatic carbocycles. The zero-order valence-electron chi connectivity index (χ0n) is 10.9. The van der Waals surface area contributed by atoms with Gasteiger partial charge >= 0.3 is 19.5 Å². The van der Waals surface area contributed by atoms with Gasteiger partial charge in [0.05, 0.1) is 12.4 Å². The predicted octanol–water partition coefficient (Wildman–Crippen LogP) is 0.466. The molecule has 0 aromatic heterocycles. The molecule has 2 nitrogen and oxygen atoms in total. The molecule has 19 heavy (non-hydrogen) atoms. The van der Waals surface area contributed by atoms with E-state index >= 15 is 0 Å². The van der Waals surface area contributed by atoms with Gasteiger partial charge in [-0.2, -0.15) is 12.1 Å². The molecule has 2 aromatic rings. The number of hydrogen-bond donors (Lipinski definition) is 0. The van der Waals surface area contributed by atoms with Gasteiger partial charge in [-0.15, -0.1) is 12.1 Å². The molecular formula is C15H15BrO2Zn. The second kappa shape index (κ2) is 9.99. The third-order valence-electron chi connectivity index (χ3n) is 2.33. The van der Waals surface area contributed by atoms with Gasteiger partial charge in [-0.1, -0.05) is 30.3 Å². The molecular weight excluding hydrogens is 357 g/mol. The zero-order valence-corrected chi connectivity index (χ0v) is 15.5. The van der Waals surface area contributed by atoms with Gasteiger partial charge in [-0.25, -0.2) is 0 Å². The topological polar surface area (TPSA) is 18.5 Å². The molecule has 0 aliphatic heterocycles. The summed E-state index contributed by atoms with van der Waals surface area (Å²) in [7, 11) is 0. The molecule has 0 aliphatic carbocycles. The summed E-state index contributed by atoms with van der Waals surface area (Å²) in [6.45, 7) is 3.12. The molecule has 0 N–H and O–H groups in total. The van der Waals surface area contributed by atoms with E-state index in [1.54, 1.807) is 6.07 Å². The first-order chi connectivity index (χ1) is 8.40. The van der Waals surface area contributed by atoms with E-state index in [1.165, 1.54) is 0 Å². The minimum Gasteiger partial charge on any atom is -1.00 e. The average molecular weight is 373 g/mol. The Kier molecular flexibility index (Phi) is 9.54. The third kappa shape index (κ3) is 5.75. The predicted molar refractivity (Wildman–Crippen MR) is 67.2 cm³/mol. The summed E-state index contributed by atoms with van der Waals surface area (Å²) < 4.78 is 11.2. The van der Waals surface area contributed by atoms with Crippen molar-refractivity contribution < 1.29 is 45.9 Å². The molecule has 0 saturated carbocycles. The molecule has 0 atom stereocenters. The largest absolute Gasteiger partial charge is 2.00 e. The van der Waals surface area contributed by atoms with Crippen molar-refractivity contribution in [3.63, 3.8) is 0 Å². The van der Waals surface area contributed by atoms with Gasteiger partial charge in [0.2, 0.25) is 0 Å². The van der Waals surface area contributed by atoms with Crippen molar-refractivity contribution in [3.05, 3.63) is 60.2 Å². The monoisotopic (exact) mass is 370 g/mol. The molecule has 0 aliphatic rings. The molecule has 2 rings (SSSR count). The van der Waals surface area contributed by atoms with Gasteiger partial charge in [0.1, 0.15) is 6.61 Å². The van der Waals surface area contributed by atoms with Crippen LogP contribution in [0, 0.1) is 6.07 Å². The first kappa shape index (κ1) is 18.1. The number of rotatable bonds is 5. The Morgan fingerprint density at radius 1 is 1.00 bits per heavy atom. The minimum atomic E-state index is 0. The van der Waals surface area contributed by atoms with Crippen molar-refractivity contribution in [2.75, 3.05) is 6.61 Å². The molecule has 0 amide bonds. The molecule has 96 valence electrons. The van der Waals surface area contributed by atoms with Crippen molar-refractivity contribution in [1.82, 2.24) is 0 Å². The van der Waals surface area contributed by atoms with E-state index in [0.717, 1.165) is 17.1 Å². The maximum atomic E-state index is 5.73. The molecule has 0 radical (unpaired) electrons. The maximum Gasteiger partial charge on any atom is 2.00 e. The first-order valence-electron chi connectivity index (χ1n) is 5.69. The Hall–Kier alpha value is -0.857. The van der Waals surface area contributed by atoms with Gasteiger partial charge < -0.3 is 26.5 Å². The van der Waals surface area contributed by atoms with Crippen LogP contribution < -0.4 is 26.5 Å². The fourth-order valence-corrected chi connectivity index (χ4v) is 1.52. The SMILES string of the molecule is CCOc1c[c-]ccc1OCc1ccccc1.[Br-].[Zn+2]. The minimum absolute atomic E-state index is 0. The van der Waals surface area contributed by atoms with E-state index in [4.69, 9.17) is 9.47 Å². The number of benzene rings is 2. The molecule has 0 saturated heterocycles. The molecule has 0 heterocycles. The van der Waals surface area contributed by atoms with Crippen molar-refractivity contribution in [3.8, 4) is 11.5 Å². The van der Waals surface area contributed by atoms with Crippen LogP contribution in [0.15, 0.2) is 48.5 Å². The summed E-state index contributed by atoms with van der Waals surface area (Å²) in [5.41, 5.74) is 1.14. The van der Waals surface area contributed by atoms with Gasteiger partial charge in [-0.05, 0) is 12.5 Å². The van der Waals surface area contributed by atoms with Crippen molar-refractivity contribution in [2.45, 2.75) is 13.5 Å². The van der Waals surface area contributed by atoms with E-state index in [-0.39, 0.29) is 36.5 Å². The van der Waals surface area contributed by atoms with Crippen LogP contribution in [-0.2, 0) is 26.1 Å². The first-order valence-corrected chi connectivity index (χ1v) is 5.69. The molecule has 4 heteroatoms. The molecule has 0 fully saturated rings. The fraction of sp³-hybridized carbons (Fsp3) is 0.200. The van der Waals surface area contributed by atoms with Gasteiger partial charge in [0.25, 0.3) is 0 Å². The summed E-state index contributed by atoms with van der Waals surface area (Å²) in [6.07, 6.45) is 0. The Labute approximate surface area is 137 Å². The summed E-state index contributed by atoms with van der Waals surface area (Å²) in [5.74, 6) is 1.50. The number of hydrogen-bond acceptors (Lipinski definition) is 2. The Morgan fingerprint density at radius 3 is 2.42 bits per heavy atom. The number of ether oxygens (including phenoxy) is 2. The average Bonchev–Trinajstić information content (AvgIpc) is 2.39. The molecule has 0 bridgehead atoms. The van der Waals surface area contributed by atoms with E-state index < -0.39 is 0 Å². The van der Waals surface area contributed by atoms with E-state index in [2.05, 4.69) is 6.07 Å². The Bertz CT molecular complexity index is 463. The van der Waals surface area contributed by atoms with Gasteiger partial charge in [0, 0.05) is 5.75 Å². The van der Waals surface area contributed by atoms with Crippen LogP contribution in [-0.4, -0.2) is 6.61 Å². The summed E-state index contributed by atoms with van der Waals surface area (Å²) in [6, 6.07) is 18.5. The van der Waals surface area contributed by atoms with Gasteiger partial charge in [-0.3, -0.25) is 0 Å². The Balaban J connectivity index is 0.00000162. The van der Waals surface area contributed by atoms with Crippen LogP contribution in [0.4, 0.5) is 0 Å². The van der Waals surface area contributed by atoms with Crippen LogP contribution in [0.2, 0.25) is 0 Å². The van der Waals surface area contributed by atoms with Crippen molar-refractivity contribution in [1.29, 1.82) is 0 Å². The molecule has 0 spiro atoms. The summed E-state index contributed by atoms with van der Waals surface area (Å²) >= 11 is 0. The van der Waals surface area contributed by atoms with E-state index in [0.29, 0.717) is 13.2 Å². The third-order valence-corrected chi connectivity index (χ3v) is 2.33. The van der Waals surface area contributed by atoms with Crippen LogP contribution >= 0.6 is 0 Å². The normalized spacial score (nSPS) is 8.89. The summed E-state index contributed by atoms with van der Waals surface area (Å²) in [4.78, 5) is 0. The van der Waals surface area contributed by atoms with Crippen molar-refractivity contribution in [2.24, 2.45) is 0 Å². The van der Waals surface area contributed by atoms with Crippen LogP contribution in [0.1, 0.15) is 12.5 Å². The quantitative estimate of drug-likeness (QED) is 0.561. The van der Waals surface area contributed by atoms with Crippen LogP contribution in [0.5, 0.6) is 11.5 Å². The second-order valence-electron chi connectivity index (χ2n) is 3.58. The molecule has 0 unspecified atom stereocenters. The maximum absolute atomic E-state index is 5.73. The van der Waals surface area contributed by atoms with Crippen LogP contribution in [0.3, 0.4) is 0 Å². The Morgan fingerprint density at radius 2 is 1.74 bits per heavy atom. The fourth-order valence-electron chi connectivity index (χ4n) is 1.52. The van der Waals surface area contributed by atoms with Crippen molar-refractivity contribution >= 4 is 0 Å². The van der Waals surface area contributed by atoms with Gasteiger partial charge in [0.15, 0.2) is 0 Å².